The van der Waals surface area contributed by atoms with E-state index in [1.54, 1.807) is 0 Å². The van der Waals surface area contributed by atoms with Gasteiger partial charge in [0, 0.05) is 12.6 Å². The van der Waals surface area contributed by atoms with Gasteiger partial charge in [-0.15, -0.1) is 0 Å². The molecule has 0 radical (unpaired) electrons. The Balaban J connectivity index is 2.20. The summed E-state index contributed by atoms with van der Waals surface area (Å²) < 4.78 is 0. The highest BCUT2D eigenvalue weighted by molar-refractivity contribution is 5.36. The number of rotatable bonds is 4. The van der Waals surface area contributed by atoms with Gasteiger partial charge < -0.3 is 10.4 Å². The third kappa shape index (κ3) is 2.21. The van der Waals surface area contributed by atoms with E-state index in [-0.39, 0.29) is 6.61 Å². The predicted octanol–water partition coefficient (Wildman–Crippen LogP) is 1.82. The fourth-order valence-electron chi connectivity index (χ4n) is 2.42. The number of aliphatic hydroxyl groups is 1. The summed E-state index contributed by atoms with van der Waals surface area (Å²) in [5, 5.41) is 12.2. The maximum absolute atomic E-state index is 8.98. The molecule has 1 aliphatic carbocycles. The molecule has 0 amide bonds. The van der Waals surface area contributed by atoms with Crippen LogP contribution in [0.5, 0.6) is 0 Å². The molecular weight excluding hydrogens is 186 g/mol. The smallest absolute Gasteiger partial charge is 0.0449 e. The molecule has 0 fully saturated rings. The average Bonchev–Trinajstić information content (AvgIpc) is 2.72. The molecule has 0 saturated carbocycles. The number of benzene rings is 1. The van der Waals surface area contributed by atoms with E-state index in [9.17, 15) is 0 Å². The number of fused-ring (bicyclic) bond motifs is 1. The summed E-state index contributed by atoms with van der Waals surface area (Å²) in [5.41, 5.74) is 4.33. The summed E-state index contributed by atoms with van der Waals surface area (Å²) in [5.74, 6) is 0. The second-order valence-electron chi connectivity index (χ2n) is 4.24. The highest BCUT2D eigenvalue weighted by atomic mass is 16.3. The maximum atomic E-state index is 8.98. The van der Waals surface area contributed by atoms with E-state index in [0.29, 0.717) is 6.04 Å². The largest absolute Gasteiger partial charge is 0.396 e. The summed E-state index contributed by atoms with van der Waals surface area (Å²) in [6, 6.07) is 7.04. The average molecular weight is 205 g/mol. The molecule has 1 aliphatic rings. The van der Waals surface area contributed by atoms with E-state index in [0.717, 1.165) is 6.42 Å². The van der Waals surface area contributed by atoms with Crippen molar-refractivity contribution in [2.24, 2.45) is 0 Å². The van der Waals surface area contributed by atoms with E-state index < -0.39 is 0 Å². The van der Waals surface area contributed by atoms with Crippen molar-refractivity contribution in [1.82, 2.24) is 5.32 Å². The zero-order valence-electron chi connectivity index (χ0n) is 9.29. The minimum absolute atomic E-state index is 0.239. The van der Waals surface area contributed by atoms with Gasteiger partial charge in [0.2, 0.25) is 0 Å². The number of hydrogen-bond acceptors (Lipinski definition) is 2. The third-order valence-corrected chi connectivity index (χ3v) is 3.29. The lowest BCUT2D eigenvalue weighted by molar-refractivity contribution is 0.269. The number of nitrogens with one attached hydrogen (secondary N) is 1. The molecular formula is C13H19NO. The molecule has 1 atom stereocenters. The molecule has 0 spiro atoms. The maximum Gasteiger partial charge on any atom is 0.0449 e. The van der Waals surface area contributed by atoms with E-state index in [1.165, 1.54) is 36.0 Å². The standard InChI is InChI=1S/C13H19NO/c1-14-13(7-8-15)12-6-5-10-3-2-4-11(10)9-12/h5-6,9,13-15H,2-4,7-8H2,1H3. The third-order valence-electron chi connectivity index (χ3n) is 3.29. The van der Waals surface area contributed by atoms with E-state index >= 15 is 0 Å². The lowest BCUT2D eigenvalue weighted by Gasteiger charge is -2.16. The first-order valence-electron chi connectivity index (χ1n) is 5.75. The van der Waals surface area contributed by atoms with Crippen molar-refractivity contribution in [3.63, 3.8) is 0 Å². The zero-order chi connectivity index (χ0) is 10.7. The Labute approximate surface area is 91.3 Å². The van der Waals surface area contributed by atoms with Gasteiger partial charge in [-0.05, 0) is 49.4 Å². The molecule has 1 aromatic carbocycles. The van der Waals surface area contributed by atoms with Crippen LogP contribution in [0.2, 0.25) is 0 Å². The quantitative estimate of drug-likeness (QED) is 0.786. The van der Waals surface area contributed by atoms with Crippen LogP contribution in [0.15, 0.2) is 18.2 Å². The zero-order valence-corrected chi connectivity index (χ0v) is 9.29. The Morgan fingerprint density at radius 1 is 1.33 bits per heavy atom. The summed E-state index contributed by atoms with van der Waals surface area (Å²) in [6.07, 6.45) is 4.54. The normalized spacial score (nSPS) is 16.4. The first-order chi connectivity index (χ1) is 7.35. The number of aryl methyl sites for hydroxylation is 2. The van der Waals surface area contributed by atoms with Crippen molar-refractivity contribution in [3.8, 4) is 0 Å². The molecule has 15 heavy (non-hydrogen) atoms. The first kappa shape index (κ1) is 10.7. The Morgan fingerprint density at radius 2 is 2.13 bits per heavy atom. The second kappa shape index (κ2) is 4.77. The SMILES string of the molecule is CNC(CCO)c1ccc2c(c1)CCC2. The topological polar surface area (TPSA) is 32.3 Å². The van der Waals surface area contributed by atoms with Crippen LogP contribution in [0.1, 0.15) is 35.6 Å². The van der Waals surface area contributed by atoms with E-state index in [1.807, 2.05) is 7.05 Å². The van der Waals surface area contributed by atoms with Crippen LogP contribution in [-0.4, -0.2) is 18.8 Å². The molecule has 0 aromatic heterocycles. The van der Waals surface area contributed by atoms with Gasteiger partial charge in [0.1, 0.15) is 0 Å². The molecule has 2 rings (SSSR count). The van der Waals surface area contributed by atoms with E-state index in [2.05, 4.69) is 23.5 Å². The van der Waals surface area contributed by atoms with E-state index in [4.69, 9.17) is 5.11 Å². The molecule has 82 valence electrons. The Bertz CT molecular complexity index is 335. The molecule has 0 heterocycles. The van der Waals surface area contributed by atoms with Crippen molar-refractivity contribution >= 4 is 0 Å². The number of hydrogen-bond donors (Lipinski definition) is 2. The van der Waals surface area contributed by atoms with Crippen molar-refractivity contribution < 1.29 is 5.11 Å². The highest BCUT2D eigenvalue weighted by Gasteiger charge is 2.14. The minimum Gasteiger partial charge on any atom is -0.396 e. The van der Waals surface area contributed by atoms with Crippen molar-refractivity contribution in [3.05, 3.63) is 34.9 Å². The van der Waals surface area contributed by atoms with Gasteiger partial charge in [0.05, 0.1) is 0 Å². The van der Waals surface area contributed by atoms with Crippen molar-refractivity contribution in [1.29, 1.82) is 0 Å². The van der Waals surface area contributed by atoms with Gasteiger partial charge in [-0.25, -0.2) is 0 Å². The van der Waals surface area contributed by atoms with Gasteiger partial charge in [0.15, 0.2) is 0 Å². The van der Waals surface area contributed by atoms with Gasteiger partial charge in [-0.3, -0.25) is 0 Å². The summed E-state index contributed by atoms with van der Waals surface area (Å²) in [4.78, 5) is 0. The second-order valence-corrected chi connectivity index (χ2v) is 4.24. The Morgan fingerprint density at radius 3 is 2.87 bits per heavy atom. The van der Waals surface area contributed by atoms with Crippen molar-refractivity contribution in [2.75, 3.05) is 13.7 Å². The number of aliphatic hydroxyl groups excluding tert-OH is 1. The molecule has 2 N–H and O–H groups in total. The molecule has 2 heteroatoms. The highest BCUT2D eigenvalue weighted by Crippen LogP contribution is 2.26. The fourth-order valence-corrected chi connectivity index (χ4v) is 2.42. The van der Waals surface area contributed by atoms with Crippen LogP contribution in [0.25, 0.3) is 0 Å². The first-order valence-corrected chi connectivity index (χ1v) is 5.75. The Kier molecular flexibility index (Phi) is 3.39. The van der Waals surface area contributed by atoms with Crippen LogP contribution in [0, 0.1) is 0 Å². The fraction of sp³-hybridized carbons (Fsp3) is 0.538. The molecule has 0 saturated heterocycles. The van der Waals surface area contributed by atoms with Crippen LogP contribution in [-0.2, 0) is 12.8 Å². The van der Waals surface area contributed by atoms with Crippen molar-refractivity contribution in [2.45, 2.75) is 31.7 Å². The minimum atomic E-state index is 0.239. The Hall–Kier alpha value is -0.860. The summed E-state index contributed by atoms with van der Waals surface area (Å²) in [6.45, 7) is 0.239. The molecule has 1 aromatic rings. The monoisotopic (exact) mass is 205 g/mol. The van der Waals surface area contributed by atoms with Gasteiger partial charge in [0.25, 0.3) is 0 Å². The molecule has 0 bridgehead atoms. The molecule has 2 nitrogen and oxygen atoms in total. The molecule has 0 aliphatic heterocycles. The van der Waals surface area contributed by atoms with Crippen LogP contribution in [0.4, 0.5) is 0 Å². The van der Waals surface area contributed by atoms with Gasteiger partial charge in [-0.2, -0.15) is 0 Å². The van der Waals surface area contributed by atoms with Gasteiger partial charge >= 0.3 is 0 Å². The lowest BCUT2D eigenvalue weighted by atomic mass is 9.99. The summed E-state index contributed by atoms with van der Waals surface area (Å²) >= 11 is 0. The lowest BCUT2D eigenvalue weighted by Crippen LogP contribution is -2.17. The van der Waals surface area contributed by atoms with Gasteiger partial charge in [-0.1, -0.05) is 18.2 Å². The van der Waals surface area contributed by atoms with Crippen LogP contribution in [0.3, 0.4) is 0 Å². The summed E-state index contributed by atoms with van der Waals surface area (Å²) in [7, 11) is 1.95. The molecule has 1 unspecified atom stereocenters. The van der Waals surface area contributed by atoms with Crippen LogP contribution >= 0.6 is 0 Å². The van der Waals surface area contributed by atoms with Crippen LogP contribution < -0.4 is 5.32 Å². The predicted molar refractivity (Wildman–Crippen MR) is 62.0 cm³/mol.